The molecule has 2 atom stereocenters. The summed E-state index contributed by atoms with van der Waals surface area (Å²) < 4.78 is 5.19. The molecule has 0 aromatic heterocycles. The minimum absolute atomic E-state index is 0.341. The maximum Gasteiger partial charge on any atom is 0.407 e. The predicted molar refractivity (Wildman–Crippen MR) is 76.4 cm³/mol. The molecule has 0 aromatic carbocycles. The zero-order valence-electron chi connectivity index (χ0n) is 12.8. The van der Waals surface area contributed by atoms with E-state index in [9.17, 15) is 9.59 Å². The Morgan fingerprint density at radius 3 is 2.48 bits per heavy atom. The van der Waals surface area contributed by atoms with Gasteiger partial charge in [0.2, 0.25) is 0 Å². The lowest BCUT2D eigenvalue weighted by atomic mass is 9.89. The van der Waals surface area contributed by atoms with Crippen molar-refractivity contribution in [1.82, 2.24) is 10.6 Å². The maximum absolute atomic E-state index is 11.8. The van der Waals surface area contributed by atoms with Crippen molar-refractivity contribution in [2.45, 2.75) is 57.7 Å². The van der Waals surface area contributed by atoms with Gasteiger partial charge >= 0.3 is 12.2 Å². The molecule has 0 spiro atoms. The van der Waals surface area contributed by atoms with E-state index in [1.807, 2.05) is 0 Å². The summed E-state index contributed by atoms with van der Waals surface area (Å²) in [6.45, 7) is 5.30. The zero-order chi connectivity index (χ0) is 16.0. The number of alkyl carbamates (subject to hydrolysis) is 1. The number of hydrogen-bond acceptors (Lipinski definition) is 5. The Kier molecular flexibility index (Phi) is 5.80. The van der Waals surface area contributed by atoms with E-state index in [2.05, 4.69) is 15.8 Å². The molecule has 8 heteroatoms. The van der Waals surface area contributed by atoms with Crippen molar-refractivity contribution in [3.05, 3.63) is 0 Å². The van der Waals surface area contributed by atoms with Crippen LogP contribution in [0.15, 0.2) is 5.16 Å². The SMILES string of the molecule is CON=C1CC[C@H](NC(=O)OC(C)(C)C)[C@H](NC(=O)O)C1. The van der Waals surface area contributed by atoms with Crippen LogP contribution < -0.4 is 10.6 Å². The summed E-state index contributed by atoms with van der Waals surface area (Å²) in [7, 11) is 1.44. The molecule has 0 heterocycles. The van der Waals surface area contributed by atoms with Crippen LogP contribution in [0.25, 0.3) is 0 Å². The molecule has 0 bridgehead atoms. The molecule has 0 unspecified atom stereocenters. The number of nitrogens with one attached hydrogen (secondary N) is 2. The van der Waals surface area contributed by atoms with Gasteiger partial charge in [0.05, 0.1) is 17.8 Å². The van der Waals surface area contributed by atoms with Gasteiger partial charge in [-0.1, -0.05) is 5.16 Å². The molecule has 2 amide bonds. The molecular weight excluding hydrogens is 278 g/mol. The summed E-state index contributed by atoms with van der Waals surface area (Å²) in [5, 5.41) is 17.9. The minimum atomic E-state index is -1.14. The fraction of sp³-hybridized carbons (Fsp3) is 0.769. The normalized spacial score (nSPS) is 24.3. The van der Waals surface area contributed by atoms with Crippen molar-refractivity contribution in [3.8, 4) is 0 Å². The molecule has 1 aliphatic rings. The van der Waals surface area contributed by atoms with E-state index in [4.69, 9.17) is 14.7 Å². The molecule has 1 fully saturated rings. The first-order valence-electron chi connectivity index (χ1n) is 6.79. The summed E-state index contributed by atoms with van der Waals surface area (Å²) >= 11 is 0. The maximum atomic E-state index is 11.8. The second-order valence-corrected chi connectivity index (χ2v) is 5.89. The van der Waals surface area contributed by atoms with Gasteiger partial charge in [0.25, 0.3) is 0 Å². The number of amides is 2. The average molecular weight is 301 g/mol. The van der Waals surface area contributed by atoms with Crippen molar-refractivity contribution in [2.75, 3.05) is 7.11 Å². The van der Waals surface area contributed by atoms with Crippen LogP contribution in [0.3, 0.4) is 0 Å². The Labute approximate surface area is 123 Å². The van der Waals surface area contributed by atoms with Crippen LogP contribution in [-0.2, 0) is 9.57 Å². The summed E-state index contributed by atoms with van der Waals surface area (Å²) in [6.07, 6.45) is -0.120. The van der Waals surface area contributed by atoms with Gasteiger partial charge in [-0.25, -0.2) is 9.59 Å². The Hall–Kier alpha value is -1.99. The number of carbonyl (C=O) groups excluding carboxylic acids is 1. The fourth-order valence-corrected chi connectivity index (χ4v) is 2.18. The Morgan fingerprint density at radius 2 is 1.95 bits per heavy atom. The molecular formula is C13H23N3O5. The largest absolute Gasteiger partial charge is 0.465 e. The van der Waals surface area contributed by atoms with Crippen molar-refractivity contribution in [3.63, 3.8) is 0 Å². The van der Waals surface area contributed by atoms with Crippen LogP contribution in [0.4, 0.5) is 9.59 Å². The molecule has 0 radical (unpaired) electrons. The Morgan fingerprint density at radius 1 is 1.29 bits per heavy atom. The van der Waals surface area contributed by atoms with E-state index < -0.39 is 23.8 Å². The van der Waals surface area contributed by atoms with E-state index in [1.54, 1.807) is 20.8 Å². The van der Waals surface area contributed by atoms with Crippen molar-refractivity contribution in [2.24, 2.45) is 5.16 Å². The highest BCUT2D eigenvalue weighted by Gasteiger charge is 2.32. The average Bonchev–Trinajstić information content (AvgIpc) is 2.29. The van der Waals surface area contributed by atoms with Crippen LogP contribution in [0.1, 0.15) is 40.0 Å². The Bertz CT molecular complexity index is 417. The number of rotatable bonds is 3. The minimum Gasteiger partial charge on any atom is -0.465 e. The van der Waals surface area contributed by atoms with Crippen LogP contribution >= 0.6 is 0 Å². The lowest BCUT2D eigenvalue weighted by Crippen LogP contribution is -2.55. The van der Waals surface area contributed by atoms with E-state index in [0.29, 0.717) is 19.3 Å². The number of carbonyl (C=O) groups is 2. The summed E-state index contributed by atoms with van der Waals surface area (Å²) in [5.74, 6) is 0. The van der Waals surface area contributed by atoms with Gasteiger partial charge in [-0.05, 0) is 33.6 Å². The molecule has 3 N–H and O–H groups in total. The van der Waals surface area contributed by atoms with Crippen molar-refractivity contribution >= 4 is 17.9 Å². The highest BCUT2D eigenvalue weighted by atomic mass is 16.6. The van der Waals surface area contributed by atoms with Crippen molar-refractivity contribution in [1.29, 1.82) is 0 Å². The fourth-order valence-electron chi connectivity index (χ4n) is 2.18. The molecule has 8 nitrogen and oxygen atoms in total. The molecule has 1 saturated carbocycles. The lowest BCUT2D eigenvalue weighted by molar-refractivity contribution is 0.0486. The third-order valence-corrected chi connectivity index (χ3v) is 2.92. The summed E-state index contributed by atoms with van der Waals surface area (Å²) in [5.41, 5.74) is 0.162. The molecule has 0 aromatic rings. The smallest absolute Gasteiger partial charge is 0.407 e. The van der Waals surface area contributed by atoms with E-state index in [0.717, 1.165) is 5.71 Å². The number of oxime groups is 1. The predicted octanol–water partition coefficient (Wildman–Crippen LogP) is 1.70. The molecule has 0 aliphatic heterocycles. The third kappa shape index (κ3) is 6.33. The summed E-state index contributed by atoms with van der Waals surface area (Å²) in [4.78, 5) is 27.4. The quantitative estimate of drug-likeness (QED) is 0.687. The first kappa shape index (κ1) is 17.1. The van der Waals surface area contributed by atoms with Crippen molar-refractivity contribution < 1.29 is 24.3 Å². The van der Waals surface area contributed by atoms with Gasteiger partial charge < -0.3 is 25.3 Å². The molecule has 1 aliphatic carbocycles. The van der Waals surface area contributed by atoms with Crippen LogP contribution in [0.2, 0.25) is 0 Å². The third-order valence-electron chi connectivity index (χ3n) is 2.92. The molecule has 120 valence electrons. The highest BCUT2D eigenvalue weighted by molar-refractivity contribution is 5.86. The van der Waals surface area contributed by atoms with Crippen LogP contribution in [0, 0.1) is 0 Å². The first-order valence-corrected chi connectivity index (χ1v) is 6.79. The van der Waals surface area contributed by atoms with Gasteiger partial charge in [-0.2, -0.15) is 0 Å². The van der Waals surface area contributed by atoms with Gasteiger partial charge in [-0.3, -0.25) is 0 Å². The number of hydrogen-bond donors (Lipinski definition) is 3. The monoisotopic (exact) mass is 301 g/mol. The first-order chi connectivity index (χ1) is 9.71. The second kappa shape index (κ2) is 7.14. The Balaban J connectivity index is 2.68. The second-order valence-electron chi connectivity index (χ2n) is 5.89. The van der Waals surface area contributed by atoms with E-state index in [1.165, 1.54) is 7.11 Å². The number of nitrogens with zero attached hydrogens (tertiary/aromatic N) is 1. The van der Waals surface area contributed by atoms with Crippen LogP contribution in [0.5, 0.6) is 0 Å². The number of carboxylic acid groups (broad SMARTS) is 1. The van der Waals surface area contributed by atoms with E-state index in [-0.39, 0.29) is 6.04 Å². The highest BCUT2D eigenvalue weighted by Crippen LogP contribution is 2.18. The topological polar surface area (TPSA) is 109 Å². The lowest BCUT2D eigenvalue weighted by Gasteiger charge is -2.33. The van der Waals surface area contributed by atoms with Crippen LogP contribution in [-0.4, -0.2) is 47.8 Å². The van der Waals surface area contributed by atoms with E-state index >= 15 is 0 Å². The standard InChI is InChI=1S/C13H23N3O5/c1-13(2,3)21-12(19)15-9-6-5-8(16-20-4)7-10(9)14-11(17)18/h9-10,14H,5-7H2,1-4H3,(H,15,19)(H,17,18)/t9-,10+/m0/s1. The molecule has 21 heavy (non-hydrogen) atoms. The molecule has 0 saturated heterocycles. The van der Waals surface area contributed by atoms with Gasteiger partial charge in [0.15, 0.2) is 0 Å². The van der Waals surface area contributed by atoms with Gasteiger partial charge in [-0.15, -0.1) is 0 Å². The number of ether oxygens (including phenoxy) is 1. The van der Waals surface area contributed by atoms with Gasteiger partial charge in [0, 0.05) is 6.42 Å². The zero-order valence-corrected chi connectivity index (χ0v) is 12.8. The van der Waals surface area contributed by atoms with Gasteiger partial charge in [0.1, 0.15) is 12.7 Å². The summed E-state index contributed by atoms with van der Waals surface area (Å²) in [6, 6.07) is -0.801. The molecule has 1 rings (SSSR count).